The molecular formula is C24H28ClN5O4. The Morgan fingerprint density at radius 1 is 1.24 bits per heavy atom. The molecule has 3 N–H and O–H groups in total. The van der Waals surface area contributed by atoms with Crippen LogP contribution in [0.1, 0.15) is 48.0 Å². The number of hydrogen-bond acceptors (Lipinski definition) is 7. The van der Waals surface area contributed by atoms with Crippen LogP contribution in [0.3, 0.4) is 0 Å². The zero-order valence-corrected chi connectivity index (χ0v) is 19.6. The van der Waals surface area contributed by atoms with Gasteiger partial charge in [0.25, 0.3) is 5.91 Å². The molecule has 0 bridgehead atoms. The Morgan fingerprint density at radius 3 is 2.82 bits per heavy atom. The second-order valence-corrected chi connectivity index (χ2v) is 9.53. The lowest BCUT2D eigenvalue weighted by molar-refractivity contribution is -0.123. The fourth-order valence-corrected chi connectivity index (χ4v) is 5.03. The van der Waals surface area contributed by atoms with Crippen LogP contribution in [0, 0.1) is 0 Å². The number of anilines is 1. The van der Waals surface area contributed by atoms with Crippen molar-refractivity contribution in [3.05, 3.63) is 40.5 Å². The van der Waals surface area contributed by atoms with Crippen LogP contribution in [0.25, 0.3) is 11.3 Å². The highest BCUT2D eigenvalue weighted by Gasteiger charge is 2.32. The minimum Gasteiger partial charge on any atom is -0.391 e. The van der Waals surface area contributed by atoms with Gasteiger partial charge >= 0.3 is 0 Å². The van der Waals surface area contributed by atoms with Gasteiger partial charge < -0.3 is 25.4 Å². The van der Waals surface area contributed by atoms with Crippen LogP contribution < -0.4 is 10.6 Å². The molecule has 1 saturated heterocycles. The lowest BCUT2D eigenvalue weighted by Gasteiger charge is -2.23. The van der Waals surface area contributed by atoms with Crippen LogP contribution in [0.5, 0.6) is 0 Å². The maximum Gasteiger partial charge on any atom is 0.254 e. The number of benzene rings is 1. The first-order chi connectivity index (χ1) is 16.5. The fraction of sp³-hybridized carbons (Fsp3) is 0.500. The summed E-state index contributed by atoms with van der Waals surface area (Å²) in [6.07, 6.45) is 5.17. The zero-order chi connectivity index (χ0) is 23.7. The number of hydrogen-bond donors (Lipinski definition) is 3. The first-order valence-corrected chi connectivity index (χ1v) is 12.1. The minimum absolute atomic E-state index is 0.0422. The number of nitrogens with zero attached hydrogens (tertiary/aromatic N) is 3. The number of ether oxygens (including phenoxy) is 1. The first kappa shape index (κ1) is 23.0. The smallest absolute Gasteiger partial charge is 0.254 e. The first-order valence-electron chi connectivity index (χ1n) is 11.7. The second kappa shape index (κ2) is 9.85. The summed E-state index contributed by atoms with van der Waals surface area (Å²) in [7, 11) is 0. The Balaban J connectivity index is 1.29. The predicted octanol–water partition coefficient (Wildman–Crippen LogP) is 2.37. The number of nitrogens with one attached hydrogen (secondary N) is 2. The van der Waals surface area contributed by atoms with Crippen LogP contribution in [0.4, 0.5) is 5.95 Å². The molecule has 2 fully saturated rings. The number of halogens is 1. The third-order valence-corrected chi connectivity index (χ3v) is 7.00. The summed E-state index contributed by atoms with van der Waals surface area (Å²) in [5.74, 6) is 0.0326. The Labute approximate surface area is 202 Å². The van der Waals surface area contributed by atoms with Gasteiger partial charge in [0.15, 0.2) is 0 Å². The number of fused-ring (bicyclic) bond motifs is 1. The summed E-state index contributed by atoms with van der Waals surface area (Å²) in [5.41, 5.74) is 2.66. The van der Waals surface area contributed by atoms with Crippen molar-refractivity contribution < 1.29 is 19.4 Å². The number of aromatic nitrogens is 2. The van der Waals surface area contributed by atoms with Crippen molar-refractivity contribution in [3.63, 3.8) is 0 Å². The number of amides is 2. The van der Waals surface area contributed by atoms with Crippen LogP contribution in [-0.4, -0.2) is 69.7 Å². The summed E-state index contributed by atoms with van der Waals surface area (Å²) in [6, 6.07) is 5.56. The molecule has 9 nitrogen and oxygen atoms in total. The van der Waals surface area contributed by atoms with Gasteiger partial charge in [-0.3, -0.25) is 9.59 Å². The number of carbonyl (C=O) groups is 2. The SMILES string of the molecule is O=C(CN1Cc2ccc(-c3nc(NC4CCOCC4)ncc3Cl)cc2C1=O)N[C@@H]1CCC[C@@H]1O. The molecule has 2 amide bonds. The van der Waals surface area contributed by atoms with Gasteiger partial charge in [0.1, 0.15) is 6.54 Å². The normalized spacial score (nSPS) is 22.6. The van der Waals surface area contributed by atoms with Crippen LogP contribution in [0.15, 0.2) is 24.4 Å². The fourth-order valence-electron chi connectivity index (χ4n) is 4.83. The summed E-state index contributed by atoms with van der Waals surface area (Å²) in [4.78, 5) is 35.9. The summed E-state index contributed by atoms with van der Waals surface area (Å²) >= 11 is 6.41. The molecule has 3 heterocycles. The molecule has 2 aromatic rings. The van der Waals surface area contributed by atoms with E-state index in [1.165, 1.54) is 4.90 Å². The van der Waals surface area contributed by atoms with Crippen molar-refractivity contribution in [2.75, 3.05) is 25.1 Å². The van der Waals surface area contributed by atoms with E-state index in [9.17, 15) is 14.7 Å². The van der Waals surface area contributed by atoms with Gasteiger partial charge in [-0.15, -0.1) is 0 Å². The molecule has 180 valence electrons. The van der Waals surface area contributed by atoms with E-state index >= 15 is 0 Å². The summed E-state index contributed by atoms with van der Waals surface area (Å²) in [6.45, 7) is 1.74. The topological polar surface area (TPSA) is 117 Å². The molecule has 0 spiro atoms. The number of rotatable bonds is 6. The maximum atomic E-state index is 13.0. The van der Waals surface area contributed by atoms with Crippen LogP contribution >= 0.6 is 11.6 Å². The predicted molar refractivity (Wildman–Crippen MR) is 126 cm³/mol. The molecule has 2 atom stereocenters. The minimum atomic E-state index is -0.513. The van der Waals surface area contributed by atoms with E-state index in [1.807, 2.05) is 12.1 Å². The van der Waals surface area contributed by atoms with Crippen molar-refractivity contribution in [2.45, 2.75) is 56.8 Å². The van der Waals surface area contributed by atoms with Gasteiger partial charge in [-0.2, -0.15) is 0 Å². The standard InChI is InChI=1S/C24H28ClN5O4/c25-18-11-26-24(27-16-6-8-34-9-7-16)29-22(18)14-4-5-15-12-30(23(33)17(15)10-14)13-21(32)28-19-2-1-3-20(19)31/h4-5,10-11,16,19-20,31H,1-3,6-9,12-13H2,(H,28,32)(H,26,27,29)/t19-,20+/m1/s1. The molecule has 0 unspecified atom stereocenters. The average molecular weight is 486 g/mol. The van der Waals surface area contributed by atoms with Gasteiger partial charge in [0.2, 0.25) is 11.9 Å². The van der Waals surface area contributed by atoms with Gasteiger partial charge in [-0.05, 0) is 43.7 Å². The Kier molecular flexibility index (Phi) is 6.67. The molecule has 0 radical (unpaired) electrons. The van der Waals surface area contributed by atoms with Gasteiger partial charge in [0.05, 0.1) is 29.1 Å². The molecule has 1 aromatic carbocycles. The third kappa shape index (κ3) is 4.87. The number of aliphatic hydroxyl groups excluding tert-OH is 1. The Bertz CT molecular complexity index is 1090. The van der Waals surface area contributed by atoms with Gasteiger partial charge in [0, 0.05) is 36.9 Å². The van der Waals surface area contributed by atoms with Crippen molar-refractivity contribution in [2.24, 2.45) is 0 Å². The highest BCUT2D eigenvalue weighted by molar-refractivity contribution is 6.33. The number of carbonyl (C=O) groups excluding carboxylic acids is 2. The molecule has 3 aliphatic rings. The highest BCUT2D eigenvalue weighted by Crippen LogP contribution is 2.31. The zero-order valence-electron chi connectivity index (χ0n) is 18.8. The number of aliphatic hydroxyl groups is 1. The average Bonchev–Trinajstić information content (AvgIpc) is 3.38. The largest absolute Gasteiger partial charge is 0.391 e. The van der Waals surface area contributed by atoms with E-state index in [0.717, 1.165) is 36.8 Å². The Morgan fingerprint density at radius 2 is 2.06 bits per heavy atom. The molecule has 2 aliphatic heterocycles. The molecular weight excluding hydrogens is 458 g/mol. The van der Waals surface area contributed by atoms with E-state index < -0.39 is 6.10 Å². The maximum absolute atomic E-state index is 13.0. The lowest BCUT2D eigenvalue weighted by Crippen LogP contribution is -2.45. The van der Waals surface area contributed by atoms with Crippen molar-refractivity contribution >= 4 is 29.4 Å². The highest BCUT2D eigenvalue weighted by atomic mass is 35.5. The van der Waals surface area contributed by atoms with Gasteiger partial charge in [-0.1, -0.05) is 23.7 Å². The van der Waals surface area contributed by atoms with E-state index in [2.05, 4.69) is 20.6 Å². The molecule has 1 aliphatic carbocycles. The molecule has 10 heteroatoms. The van der Waals surface area contributed by atoms with Crippen molar-refractivity contribution in [1.82, 2.24) is 20.2 Å². The molecule has 1 saturated carbocycles. The summed E-state index contributed by atoms with van der Waals surface area (Å²) in [5, 5.41) is 16.5. The van der Waals surface area contributed by atoms with Crippen LogP contribution in [0.2, 0.25) is 5.02 Å². The van der Waals surface area contributed by atoms with E-state index in [1.54, 1.807) is 12.3 Å². The molecule has 34 heavy (non-hydrogen) atoms. The second-order valence-electron chi connectivity index (χ2n) is 9.13. The Hall–Kier alpha value is -2.75. The monoisotopic (exact) mass is 485 g/mol. The van der Waals surface area contributed by atoms with Crippen molar-refractivity contribution in [3.8, 4) is 11.3 Å². The lowest BCUT2D eigenvalue weighted by atomic mass is 10.0. The summed E-state index contributed by atoms with van der Waals surface area (Å²) < 4.78 is 5.40. The van der Waals surface area contributed by atoms with E-state index in [4.69, 9.17) is 16.3 Å². The third-order valence-electron chi connectivity index (χ3n) is 6.72. The van der Waals surface area contributed by atoms with E-state index in [-0.39, 0.29) is 30.4 Å². The van der Waals surface area contributed by atoms with Gasteiger partial charge in [-0.25, -0.2) is 9.97 Å². The van der Waals surface area contributed by atoms with E-state index in [0.29, 0.717) is 48.4 Å². The molecule has 5 rings (SSSR count). The quantitative estimate of drug-likeness (QED) is 0.575. The van der Waals surface area contributed by atoms with Crippen LogP contribution in [-0.2, 0) is 16.1 Å². The molecule has 1 aromatic heterocycles. The van der Waals surface area contributed by atoms with Crippen molar-refractivity contribution in [1.29, 1.82) is 0 Å².